The molecule has 2 aromatic carbocycles. The Balaban J connectivity index is 1.64. The van der Waals surface area contributed by atoms with Gasteiger partial charge in [0.1, 0.15) is 5.75 Å². The number of fused-ring (bicyclic) bond motifs is 1. The molecule has 0 radical (unpaired) electrons. The summed E-state index contributed by atoms with van der Waals surface area (Å²) in [5, 5.41) is 0. The second kappa shape index (κ2) is 5.49. The third kappa shape index (κ3) is 2.46. The highest BCUT2D eigenvalue weighted by molar-refractivity contribution is 6.02. The van der Waals surface area contributed by atoms with E-state index in [4.69, 9.17) is 4.74 Å². The van der Waals surface area contributed by atoms with Crippen LogP contribution in [0.3, 0.4) is 0 Å². The summed E-state index contributed by atoms with van der Waals surface area (Å²) in [7, 11) is 1.67. The zero-order valence-electron chi connectivity index (χ0n) is 11.6. The van der Waals surface area contributed by atoms with E-state index in [1.807, 2.05) is 30.3 Å². The molecular formula is C18H18O2. The highest BCUT2D eigenvalue weighted by Gasteiger charge is 2.29. The third-order valence-corrected chi connectivity index (χ3v) is 4.06. The number of hydrogen-bond acceptors (Lipinski definition) is 2. The zero-order valence-corrected chi connectivity index (χ0v) is 11.6. The van der Waals surface area contributed by atoms with Crippen LogP contribution in [0.15, 0.2) is 48.5 Å². The Morgan fingerprint density at radius 3 is 2.55 bits per heavy atom. The molecule has 3 rings (SSSR count). The quantitative estimate of drug-likeness (QED) is 0.843. The largest absolute Gasteiger partial charge is 0.497 e. The lowest BCUT2D eigenvalue weighted by atomic mass is 9.96. The summed E-state index contributed by atoms with van der Waals surface area (Å²) in [5.41, 5.74) is 3.39. The SMILES string of the molecule is COc1ccc(CCC2Cc3ccccc3C2=O)cc1. The van der Waals surface area contributed by atoms with E-state index in [1.54, 1.807) is 7.11 Å². The fourth-order valence-corrected chi connectivity index (χ4v) is 2.88. The number of aryl methyl sites for hydroxylation is 1. The van der Waals surface area contributed by atoms with Crippen LogP contribution >= 0.6 is 0 Å². The van der Waals surface area contributed by atoms with Crippen molar-refractivity contribution in [2.45, 2.75) is 19.3 Å². The molecule has 0 amide bonds. The summed E-state index contributed by atoms with van der Waals surface area (Å²) in [5.74, 6) is 1.33. The maximum absolute atomic E-state index is 12.3. The van der Waals surface area contributed by atoms with Crippen LogP contribution in [0.5, 0.6) is 5.75 Å². The Kier molecular flexibility index (Phi) is 3.55. The number of ketones is 1. The highest BCUT2D eigenvalue weighted by atomic mass is 16.5. The molecule has 0 heterocycles. The van der Waals surface area contributed by atoms with E-state index >= 15 is 0 Å². The summed E-state index contributed by atoms with van der Waals surface area (Å²) >= 11 is 0. The van der Waals surface area contributed by atoms with Crippen molar-refractivity contribution in [1.29, 1.82) is 0 Å². The van der Waals surface area contributed by atoms with Crippen LogP contribution in [-0.2, 0) is 12.8 Å². The Labute approximate surface area is 119 Å². The number of hydrogen-bond donors (Lipinski definition) is 0. The Hall–Kier alpha value is -2.09. The monoisotopic (exact) mass is 266 g/mol. The van der Waals surface area contributed by atoms with Gasteiger partial charge in [0.15, 0.2) is 5.78 Å². The Morgan fingerprint density at radius 1 is 1.10 bits per heavy atom. The normalized spacial score (nSPS) is 17.1. The molecule has 1 aliphatic carbocycles. The molecule has 2 heteroatoms. The van der Waals surface area contributed by atoms with Gasteiger partial charge in [-0.15, -0.1) is 0 Å². The van der Waals surface area contributed by atoms with Crippen LogP contribution in [0.4, 0.5) is 0 Å². The molecule has 2 nitrogen and oxygen atoms in total. The minimum Gasteiger partial charge on any atom is -0.497 e. The van der Waals surface area contributed by atoms with Crippen molar-refractivity contribution in [2.75, 3.05) is 7.11 Å². The van der Waals surface area contributed by atoms with Gasteiger partial charge in [0.2, 0.25) is 0 Å². The smallest absolute Gasteiger partial charge is 0.166 e. The van der Waals surface area contributed by atoms with E-state index in [0.29, 0.717) is 5.78 Å². The molecule has 0 aliphatic heterocycles. The van der Waals surface area contributed by atoms with Gasteiger partial charge in [0.25, 0.3) is 0 Å². The number of methoxy groups -OCH3 is 1. The molecule has 2 aromatic rings. The molecule has 0 N–H and O–H groups in total. The van der Waals surface area contributed by atoms with E-state index < -0.39 is 0 Å². The number of benzene rings is 2. The minimum absolute atomic E-state index is 0.148. The molecule has 1 atom stereocenters. The molecule has 102 valence electrons. The Morgan fingerprint density at radius 2 is 1.85 bits per heavy atom. The molecule has 20 heavy (non-hydrogen) atoms. The summed E-state index contributed by atoms with van der Waals surface area (Å²) in [6, 6.07) is 16.1. The first-order valence-electron chi connectivity index (χ1n) is 7.03. The van der Waals surface area contributed by atoms with Gasteiger partial charge >= 0.3 is 0 Å². The van der Waals surface area contributed by atoms with E-state index in [-0.39, 0.29) is 5.92 Å². The van der Waals surface area contributed by atoms with Gasteiger partial charge in [-0.2, -0.15) is 0 Å². The molecule has 0 saturated heterocycles. The lowest BCUT2D eigenvalue weighted by molar-refractivity contribution is 0.0931. The molecular weight excluding hydrogens is 248 g/mol. The second-order valence-corrected chi connectivity index (χ2v) is 5.31. The summed E-state index contributed by atoms with van der Waals surface area (Å²) in [6.07, 6.45) is 2.75. The number of Topliss-reactive ketones (excluding diaryl/α,β-unsaturated/α-hetero) is 1. The van der Waals surface area contributed by atoms with Crippen molar-refractivity contribution >= 4 is 5.78 Å². The van der Waals surface area contributed by atoms with Gasteiger partial charge in [0.05, 0.1) is 7.11 Å². The lowest BCUT2D eigenvalue weighted by Crippen LogP contribution is -2.10. The van der Waals surface area contributed by atoms with Crippen molar-refractivity contribution in [3.8, 4) is 5.75 Å². The summed E-state index contributed by atoms with van der Waals surface area (Å²) in [6.45, 7) is 0. The highest BCUT2D eigenvalue weighted by Crippen LogP contribution is 2.29. The number of ether oxygens (including phenoxy) is 1. The topological polar surface area (TPSA) is 26.3 Å². The number of carbonyl (C=O) groups is 1. The van der Waals surface area contributed by atoms with Gasteiger partial charge in [0, 0.05) is 11.5 Å². The van der Waals surface area contributed by atoms with Crippen LogP contribution in [0.25, 0.3) is 0 Å². The third-order valence-electron chi connectivity index (χ3n) is 4.06. The van der Waals surface area contributed by atoms with Crippen molar-refractivity contribution in [3.05, 3.63) is 65.2 Å². The number of carbonyl (C=O) groups excluding carboxylic acids is 1. The van der Waals surface area contributed by atoms with E-state index in [9.17, 15) is 4.79 Å². The average Bonchev–Trinajstić information content (AvgIpc) is 2.83. The minimum atomic E-state index is 0.148. The molecule has 0 aromatic heterocycles. The lowest BCUT2D eigenvalue weighted by Gasteiger charge is -2.08. The molecule has 0 spiro atoms. The predicted octanol–water partition coefficient (Wildman–Crippen LogP) is 3.68. The van der Waals surface area contributed by atoms with Crippen molar-refractivity contribution in [3.63, 3.8) is 0 Å². The average molecular weight is 266 g/mol. The van der Waals surface area contributed by atoms with Crippen LogP contribution in [0.2, 0.25) is 0 Å². The molecule has 1 unspecified atom stereocenters. The van der Waals surface area contributed by atoms with Gasteiger partial charge in [-0.25, -0.2) is 0 Å². The predicted molar refractivity (Wildman–Crippen MR) is 79.3 cm³/mol. The summed E-state index contributed by atoms with van der Waals surface area (Å²) in [4.78, 5) is 12.3. The maximum atomic E-state index is 12.3. The van der Waals surface area contributed by atoms with Gasteiger partial charge in [-0.05, 0) is 42.5 Å². The molecule has 0 fully saturated rings. The van der Waals surface area contributed by atoms with Crippen molar-refractivity contribution in [2.24, 2.45) is 5.92 Å². The van der Waals surface area contributed by atoms with Gasteiger partial charge in [-0.1, -0.05) is 36.4 Å². The van der Waals surface area contributed by atoms with Crippen molar-refractivity contribution in [1.82, 2.24) is 0 Å². The van der Waals surface area contributed by atoms with E-state index in [2.05, 4.69) is 18.2 Å². The van der Waals surface area contributed by atoms with Crippen LogP contribution in [0, 0.1) is 5.92 Å². The van der Waals surface area contributed by atoms with Crippen LogP contribution < -0.4 is 4.74 Å². The first kappa shape index (κ1) is 12.9. The zero-order chi connectivity index (χ0) is 13.9. The molecule has 1 aliphatic rings. The fraction of sp³-hybridized carbons (Fsp3) is 0.278. The number of rotatable bonds is 4. The summed E-state index contributed by atoms with van der Waals surface area (Å²) < 4.78 is 5.15. The van der Waals surface area contributed by atoms with Crippen LogP contribution in [-0.4, -0.2) is 12.9 Å². The van der Waals surface area contributed by atoms with E-state index in [0.717, 1.165) is 30.6 Å². The molecule has 0 bridgehead atoms. The molecule has 0 saturated carbocycles. The first-order chi connectivity index (χ1) is 9.78. The van der Waals surface area contributed by atoms with Crippen molar-refractivity contribution < 1.29 is 9.53 Å². The fourth-order valence-electron chi connectivity index (χ4n) is 2.88. The van der Waals surface area contributed by atoms with Gasteiger partial charge in [-0.3, -0.25) is 4.79 Å². The first-order valence-corrected chi connectivity index (χ1v) is 7.03. The van der Waals surface area contributed by atoms with Gasteiger partial charge < -0.3 is 4.74 Å². The van der Waals surface area contributed by atoms with Crippen LogP contribution in [0.1, 0.15) is 27.9 Å². The standard InChI is InChI=1S/C18H18O2/c1-20-16-10-7-13(8-11-16)6-9-15-12-14-4-2-3-5-17(14)18(15)19/h2-5,7-8,10-11,15H,6,9,12H2,1H3. The van der Waals surface area contributed by atoms with E-state index in [1.165, 1.54) is 11.1 Å². The Bertz CT molecular complexity index is 614. The second-order valence-electron chi connectivity index (χ2n) is 5.31. The maximum Gasteiger partial charge on any atom is 0.166 e.